The summed E-state index contributed by atoms with van der Waals surface area (Å²) in [5.41, 5.74) is 0. The molecule has 0 saturated carbocycles. The maximum Gasteiger partial charge on any atom is 0.302 e. The summed E-state index contributed by atoms with van der Waals surface area (Å²) in [5, 5.41) is -0.190. The lowest BCUT2D eigenvalue weighted by Gasteiger charge is -2.37. The van der Waals surface area contributed by atoms with Crippen LogP contribution in [0.5, 0.6) is 0 Å². The minimum absolute atomic E-state index is 0.00730. The van der Waals surface area contributed by atoms with Crippen LogP contribution >= 0.6 is 43.5 Å². The Bertz CT molecular complexity index is 450. The van der Waals surface area contributed by atoms with Crippen molar-refractivity contribution in [3.8, 4) is 12.3 Å². The zero-order valence-corrected chi connectivity index (χ0v) is 17.3. The van der Waals surface area contributed by atoms with Crippen LogP contribution in [0.4, 0.5) is 0 Å². The number of terminal acetylenes is 1. The first-order valence-electron chi connectivity index (χ1n) is 7.75. The van der Waals surface area contributed by atoms with Crippen LogP contribution in [-0.4, -0.2) is 39.3 Å². The van der Waals surface area contributed by atoms with E-state index in [0.717, 1.165) is 6.42 Å². The molecule has 1 unspecified atom stereocenters. The van der Waals surface area contributed by atoms with Crippen molar-refractivity contribution >= 4 is 49.4 Å². The molecule has 1 saturated heterocycles. The topological polar surface area (TPSA) is 35.5 Å². The van der Waals surface area contributed by atoms with Gasteiger partial charge in [-0.2, -0.15) is 0 Å². The molecule has 1 rings (SSSR count). The molecular formula is C17H23Br2ClO3. The van der Waals surface area contributed by atoms with Gasteiger partial charge in [0.25, 0.3) is 0 Å². The fourth-order valence-electron chi connectivity index (χ4n) is 2.60. The van der Waals surface area contributed by atoms with Gasteiger partial charge in [-0.05, 0) is 25.3 Å². The molecule has 0 bridgehead atoms. The number of halogens is 3. The fourth-order valence-corrected chi connectivity index (χ4v) is 4.42. The van der Waals surface area contributed by atoms with Crippen molar-refractivity contribution in [1.82, 2.24) is 0 Å². The van der Waals surface area contributed by atoms with Crippen molar-refractivity contribution in [3.05, 3.63) is 12.2 Å². The highest BCUT2D eigenvalue weighted by atomic mass is 79.9. The lowest BCUT2D eigenvalue weighted by molar-refractivity contribution is -0.148. The summed E-state index contributed by atoms with van der Waals surface area (Å²) in [6, 6.07) is 0. The Kier molecular flexibility index (Phi) is 9.84. The van der Waals surface area contributed by atoms with E-state index in [-0.39, 0.29) is 39.3 Å². The van der Waals surface area contributed by atoms with Crippen LogP contribution in [0.15, 0.2) is 12.2 Å². The highest BCUT2D eigenvalue weighted by molar-refractivity contribution is 9.09. The smallest absolute Gasteiger partial charge is 0.302 e. The predicted octanol–water partition coefficient (Wildman–Crippen LogP) is 4.59. The molecule has 0 amide bonds. The van der Waals surface area contributed by atoms with Gasteiger partial charge in [-0.15, -0.1) is 18.0 Å². The Morgan fingerprint density at radius 3 is 2.74 bits per heavy atom. The van der Waals surface area contributed by atoms with Crippen molar-refractivity contribution in [1.29, 1.82) is 0 Å². The van der Waals surface area contributed by atoms with E-state index in [2.05, 4.69) is 44.7 Å². The molecule has 0 aromatic heterocycles. The van der Waals surface area contributed by atoms with Crippen LogP contribution in [0.2, 0.25) is 0 Å². The van der Waals surface area contributed by atoms with Crippen LogP contribution in [0.3, 0.4) is 0 Å². The summed E-state index contributed by atoms with van der Waals surface area (Å²) in [6.45, 7) is 3.51. The molecule has 1 heterocycles. The van der Waals surface area contributed by atoms with Crippen LogP contribution in [0.25, 0.3) is 0 Å². The summed E-state index contributed by atoms with van der Waals surface area (Å²) in [5.74, 6) is 2.19. The lowest BCUT2D eigenvalue weighted by Crippen LogP contribution is -2.44. The minimum atomic E-state index is -0.274. The third-order valence-corrected chi connectivity index (χ3v) is 6.16. The standard InChI is InChI=1S/C17H23Br2ClO3/c1-4-6-7-8-14(20)17-10-13(19)16(22-11(3)21)9-12(18)15(5-2)23-17/h1,6-7,12-17H,5,8-10H2,2-3H3/b7-6-/t12-,13-,14?,15+,16+,17+/m0/s1. The first-order chi connectivity index (χ1) is 10.9. The third kappa shape index (κ3) is 7.17. The molecule has 23 heavy (non-hydrogen) atoms. The van der Waals surface area contributed by atoms with E-state index >= 15 is 0 Å². The number of esters is 1. The maximum absolute atomic E-state index is 11.4. The molecule has 1 fully saturated rings. The van der Waals surface area contributed by atoms with Crippen molar-refractivity contribution in [2.24, 2.45) is 0 Å². The molecule has 130 valence electrons. The molecule has 0 spiro atoms. The van der Waals surface area contributed by atoms with Gasteiger partial charge >= 0.3 is 5.97 Å². The van der Waals surface area contributed by atoms with Gasteiger partial charge in [0.1, 0.15) is 6.10 Å². The summed E-state index contributed by atoms with van der Waals surface area (Å²) < 4.78 is 11.7. The van der Waals surface area contributed by atoms with Crippen LogP contribution in [-0.2, 0) is 14.3 Å². The molecule has 1 aliphatic heterocycles. The minimum Gasteiger partial charge on any atom is -0.461 e. The number of rotatable bonds is 5. The van der Waals surface area contributed by atoms with Crippen LogP contribution in [0, 0.1) is 12.3 Å². The predicted molar refractivity (Wildman–Crippen MR) is 101 cm³/mol. The zero-order valence-electron chi connectivity index (χ0n) is 13.4. The molecule has 6 heteroatoms. The Labute approximate surface area is 160 Å². The van der Waals surface area contributed by atoms with Gasteiger partial charge in [0.05, 0.1) is 22.4 Å². The van der Waals surface area contributed by atoms with E-state index in [1.807, 2.05) is 6.08 Å². The largest absolute Gasteiger partial charge is 0.461 e. The molecule has 0 N–H and O–H groups in total. The van der Waals surface area contributed by atoms with Crippen molar-refractivity contribution in [3.63, 3.8) is 0 Å². The Hall–Kier alpha value is -0.0200. The normalized spacial score (nSPS) is 33.5. The van der Waals surface area contributed by atoms with Crippen molar-refractivity contribution in [2.75, 3.05) is 0 Å². The van der Waals surface area contributed by atoms with E-state index in [9.17, 15) is 4.79 Å². The van der Waals surface area contributed by atoms with Gasteiger partial charge in [-0.25, -0.2) is 0 Å². The second kappa shape index (κ2) is 10.8. The third-order valence-electron chi connectivity index (χ3n) is 3.77. The number of carbonyl (C=O) groups is 1. The van der Waals surface area contributed by atoms with Crippen LogP contribution in [0.1, 0.15) is 39.5 Å². The summed E-state index contributed by atoms with van der Waals surface area (Å²) in [7, 11) is 0. The second-order valence-electron chi connectivity index (χ2n) is 5.59. The quantitative estimate of drug-likeness (QED) is 0.335. The van der Waals surface area contributed by atoms with Gasteiger partial charge < -0.3 is 9.47 Å². The number of hydrogen-bond acceptors (Lipinski definition) is 3. The second-order valence-corrected chi connectivity index (χ2v) is 8.51. The summed E-state index contributed by atoms with van der Waals surface area (Å²) in [6.07, 6.45) is 11.3. The average Bonchev–Trinajstić information content (AvgIpc) is 2.48. The van der Waals surface area contributed by atoms with Gasteiger partial charge in [0.15, 0.2) is 0 Å². The van der Waals surface area contributed by atoms with E-state index < -0.39 is 0 Å². The highest BCUT2D eigenvalue weighted by Crippen LogP contribution is 2.33. The van der Waals surface area contributed by atoms with Crippen molar-refractivity contribution in [2.45, 2.75) is 72.9 Å². The monoisotopic (exact) mass is 468 g/mol. The molecule has 0 aliphatic carbocycles. The van der Waals surface area contributed by atoms with Crippen molar-refractivity contribution < 1.29 is 14.3 Å². The molecule has 0 aromatic rings. The Morgan fingerprint density at radius 1 is 1.48 bits per heavy atom. The first-order valence-corrected chi connectivity index (χ1v) is 10.0. The van der Waals surface area contributed by atoms with E-state index in [1.54, 1.807) is 6.08 Å². The number of ether oxygens (including phenoxy) is 2. The molecule has 0 aromatic carbocycles. The van der Waals surface area contributed by atoms with Gasteiger partial charge in [0, 0.05) is 18.2 Å². The van der Waals surface area contributed by atoms with E-state index in [4.69, 9.17) is 27.5 Å². The number of carbonyl (C=O) groups excluding carboxylic acids is 1. The molecule has 6 atom stereocenters. The van der Waals surface area contributed by atoms with Gasteiger partial charge in [0.2, 0.25) is 0 Å². The van der Waals surface area contributed by atoms with E-state index in [0.29, 0.717) is 19.3 Å². The highest BCUT2D eigenvalue weighted by Gasteiger charge is 2.37. The molecule has 3 nitrogen and oxygen atoms in total. The van der Waals surface area contributed by atoms with E-state index in [1.165, 1.54) is 6.92 Å². The number of alkyl halides is 3. The summed E-state index contributed by atoms with van der Waals surface area (Å²) in [4.78, 5) is 11.5. The SMILES string of the molecule is C#C/C=C\CC(Cl)[C@H]1C[C@H](Br)[C@H](OC(C)=O)C[C@H](Br)[C@@H](CC)O1. The summed E-state index contributed by atoms with van der Waals surface area (Å²) >= 11 is 13.8. The maximum atomic E-state index is 11.4. The van der Waals surface area contributed by atoms with Gasteiger partial charge in [-0.3, -0.25) is 4.79 Å². The average molecular weight is 471 g/mol. The molecule has 1 aliphatic rings. The van der Waals surface area contributed by atoms with Crippen LogP contribution < -0.4 is 0 Å². The Morgan fingerprint density at radius 2 is 2.17 bits per heavy atom. The lowest BCUT2D eigenvalue weighted by atomic mass is 9.97. The molecular weight excluding hydrogens is 447 g/mol. The number of hydrogen-bond donors (Lipinski definition) is 0. The Balaban J connectivity index is 2.87. The van der Waals surface area contributed by atoms with Gasteiger partial charge in [-0.1, -0.05) is 50.8 Å². The first kappa shape index (κ1) is 21.0. The zero-order chi connectivity index (χ0) is 17.4. The molecule has 0 radical (unpaired) electrons. The number of allylic oxidation sites excluding steroid dienone is 2. The fraction of sp³-hybridized carbons (Fsp3) is 0.706.